The van der Waals surface area contributed by atoms with Crippen LogP contribution in [0.1, 0.15) is 74.5 Å². The molecule has 1 aliphatic heterocycles. The van der Waals surface area contributed by atoms with Crippen LogP contribution in [0.3, 0.4) is 0 Å². The summed E-state index contributed by atoms with van der Waals surface area (Å²) in [5.41, 5.74) is -3.49. The number of aliphatic hydroxyl groups excluding tert-OH is 2. The molecule has 49 heavy (non-hydrogen) atoms. The standard InChI is InChI=1S/C40H47NO8/c1-41-31-15-28-22(6-4-7-24(28)20-42)5-2-3-10-36-17-23-8-9-26-14-27(44)19-37(46)11-12-39(47,35(23)38(26,37)21-43)40(36,48)18-25-13-29(31)34-30(33(25)36)16-32(45)49-34/h4,6-9,16,21,23,25-27,29,31,33-35,41-42,44,46-48H,3,10-15,17-20H2,1H3/t23-,25-,26+,27-,29-,31-,33+,34+,35+,36+,37+,38+,39-,40+/m0/s1. The summed E-state index contributed by atoms with van der Waals surface area (Å²) < 4.78 is 6.15. The SMILES string of the molecule is CN[C@H]1Cc2c(cccc2CO)C#CCC[C@]23C[C@@H]4C=C[C@@H]5C[C@H](O)C[C@]6(O)CC[C@](O)([C@H]4[C@@]56C=O)[C@@]2(O)C[C@@H]2C[C@@H]1[C@H]1OC(=O)C=C1[C@@H]23. The Morgan fingerprint density at radius 1 is 1.08 bits per heavy atom. The molecule has 5 saturated carbocycles. The largest absolute Gasteiger partial charge is 0.454 e. The third-order valence-electron chi connectivity index (χ3n) is 15.3. The molecule has 0 amide bonds. The molecule has 0 unspecified atom stereocenters. The van der Waals surface area contributed by atoms with Crippen molar-refractivity contribution in [3.63, 3.8) is 0 Å². The van der Waals surface area contributed by atoms with E-state index in [1.807, 2.05) is 31.3 Å². The lowest BCUT2D eigenvalue weighted by Crippen LogP contribution is -2.81. The third kappa shape index (κ3) is 3.83. The van der Waals surface area contributed by atoms with Gasteiger partial charge in [-0.3, -0.25) is 0 Å². The maximum absolute atomic E-state index is 13.6. The number of ether oxygens (including phenoxy) is 1. The average molecular weight is 670 g/mol. The molecule has 9 aliphatic rings. The number of aldehydes is 1. The number of carbonyl (C=O) groups is 2. The summed E-state index contributed by atoms with van der Waals surface area (Å²) >= 11 is 0. The highest BCUT2D eigenvalue weighted by Crippen LogP contribution is 2.78. The molecular weight excluding hydrogens is 622 g/mol. The molecule has 0 saturated heterocycles. The van der Waals surface area contributed by atoms with Gasteiger partial charge in [0.2, 0.25) is 0 Å². The van der Waals surface area contributed by atoms with Crippen molar-refractivity contribution in [2.75, 3.05) is 7.05 Å². The van der Waals surface area contributed by atoms with Gasteiger partial charge in [0.15, 0.2) is 0 Å². The highest BCUT2D eigenvalue weighted by molar-refractivity contribution is 5.86. The van der Waals surface area contributed by atoms with Gasteiger partial charge in [0, 0.05) is 47.8 Å². The number of aliphatic hydroxyl groups is 5. The minimum atomic E-state index is -1.70. The summed E-state index contributed by atoms with van der Waals surface area (Å²) in [6, 6.07) is 5.68. The van der Waals surface area contributed by atoms with E-state index < -0.39 is 51.7 Å². The Kier molecular flexibility index (Phi) is 6.94. The lowest BCUT2D eigenvalue weighted by atomic mass is 9.34. The van der Waals surface area contributed by atoms with Gasteiger partial charge in [-0.2, -0.15) is 0 Å². The smallest absolute Gasteiger partial charge is 0.331 e. The van der Waals surface area contributed by atoms with Crippen molar-refractivity contribution in [2.24, 2.45) is 46.3 Å². The lowest BCUT2D eigenvalue weighted by Gasteiger charge is -2.72. The molecule has 0 radical (unpaired) electrons. The van der Waals surface area contributed by atoms with Gasteiger partial charge >= 0.3 is 5.97 Å². The van der Waals surface area contributed by atoms with Gasteiger partial charge in [0.05, 0.1) is 29.3 Å². The molecule has 1 aromatic rings. The fourth-order valence-corrected chi connectivity index (χ4v) is 13.7. The monoisotopic (exact) mass is 669 g/mol. The number of nitrogens with one attached hydrogen (secondary N) is 1. The lowest BCUT2D eigenvalue weighted by molar-refractivity contribution is -0.336. The Bertz CT molecular complexity index is 1740. The van der Waals surface area contributed by atoms with Crippen LogP contribution in [0, 0.1) is 58.2 Å². The Labute approximate surface area is 286 Å². The van der Waals surface area contributed by atoms with E-state index in [4.69, 9.17) is 4.74 Å². The molecule has 6 N–H and O–H groups in total. The van der Waals surface area contributed by atoms with Crippen LogP contribution < -0.4 is 5.32 Å². The maximum Gasteiger partial charge on any atom is 0.331 e. The van der Waals surface area contributed by atoms with E-state index in [1.54, 1.807) is 6.08 Å². The van der Waals surface area contributed by atoms with Gasteiger partial charge in [-0.1, -0.05) is 36.1 Å². The predicted molar refractivity (Wildman–Crippen MR) is 177 cm³/mol. The van der Waals surface area contributed by atoms with Crippen LogP contribution in [0.2, 0.25) is 0 Å². The average Bonchev–Trinajstić information content (AvgIpc) is 3.59. The van der Waals surface area contributed by atoms with Gasteiger partial charge in [-0.05, 0) is 105 Å². The first-order valence-electron chi connectivity index (χ1n) is 18.3. The fraction of sp³-hybridized carbons (Fsp3) is 0.650. The zero-order chi connectivity index (χ0) is 34.1. The maximum atomic E-state index is 13.6. The van der Waals surface area contributed by atoms with Crippen molar-refractivity contribution < 1.29 is 39.9 Å². The highest BCUT2D eigenvalue weighted by atomic mass is 16.5. The third-order valence-corrected chi connectivity index (χ3v) is 15.3. The summed E-state index contributed by atoms with van der Waals surface area (Å²) in [4.78, 5) is 26.7. The van der Waals surface area contributed by atoms with Crippen LogP contribution in [0.4, 0.5) is 0 Å². The van der Waals surface area contributed by atoms with Crippen LogP contribution in [0.5, 0.6) is 0 Å². The Hall–Kier alpha value is -2.84. The van der Waals surface area contributed by atoms with E-state index in [0.29, 0.717) is 44.9 Å². The van der Waals surface area contributed by atoms with Gasteiger partial charge in [0.25, 0.3) is 0 Å². The predicted octanol–water partition coefficient (Wildman–Crippen LogP) is 2.10. The van der Waals surface area contributed by atoms with Crippen LogP contribution in [-0.2, 0) is 27.4 Å². The Morgan fingerprint density at radius 3 is 2.69 bits per heavy atom. The molecule has 1 spiro atoms. The Morgan fingerprint density at radius 2 is 1.92 bits per heavy atom. The molecule has 4 bridgehead atoms. The van der Waals surface area contributed by atoms with Crippen LogP contribution in [0.15, 0.2) is 42.0 Å². The summed E-state index contributed by atoms with van der Waals surface area (Å²) in [5, 5.41) is 63.9. The number of benzene rings is 1. The van der Waals surface area contributed by atoms with Crippen LogP contribution in [0.25, 0.3) is 0 Å². The molecule has 9 heteroatoms. The normalized spacial score (nSPS) is 50.1. The first kappa shape index (κ1) is 32.1. The van der Waals surface area contributed by atoms with Crippen molar-refractivity contribution in [1.29, 1.82) is 0 Å². The number of fused-ring (bicyclic) bond motifs is 4. The van der Waals surface area contributed by atoms with Gasteiger partial charge in [0.1, 0.15) is 18.0 Å². The highest BCUT2D eigenvalue weighted by Gasteiger charge is 2.83. The second-order valence-corrected chi connectivity index (χ2v) is 16.8. The zero-order valence-electron chi connectivity index (χ0n) is 28.0. The van der Waals surface area contributed by atoms with Crippen molar-refractivity contribution >= 4 is 12.3 Å². The van der Waals surface area contributed by atoms with E-state index in [2.05, 4.69) is 23.2 Å². The first-order chi connectivity index (χ1) is 23.5. The summed E-state index contributed by atoms with van der Waals surface area (Å²) in [6.07, 6.45) is 8.84. The molecule has 0 aromatic heterocycles. The topological polar surface area (TPSA) is 157 Å². The van der Waals surface area contributed by atoms with Gasteiger partial charge in [-0.25, -0.2) is 4.79 Å². The van der Waals surface area contributed by atoms with Gasteiger partial charge < -0.3 is 40.4 Å². The zero-order valence-corrected chi connectivity index (χ0v) is 28.0. The van der Waals surface area contributed by atoms with Gasteiger partial charge in [-0.15, -0.1) is 0 Å². The summed E-state index contributed by atoms with van der Waals surface area (Å²) in [5.74, 6) is 4.50. The number of rotatable bonds is 3. The van der Waals surface area contributed by atoms with E-state index >= 15 is 0 Å². The number of likely N-dealkylation sites (N-methyl/N-ethyl adjacent to an activating group) is 1. The second-order valence-electron chi connectivity index (χ2n) is 16.8. The Balaban J connectivity index is 1.25. The molecule has 1 aromatic carbocycles. The van der Waals surface area contributed by atoms with Crippen molar-refractivity contribution in [1.82, 2.24) is 5.32 Å². The molecular formula is C40H47NO8. The molecule has 9 nitrogen and oxygen atoms in total. The molecule has 5 fully saturated rings. The minimum Gasteiger partial charge on any atom is -0.454 e. The van der Waals surface area contributed by atoms with Crippen LogP contribution in [-0.4, -0.2) is 79.9 Å². The van der Waals surface area contributed by atoms with E-state index in [0.717, 1.165) is 28.5 Å². The van der Waals surface area contributed by atoms with Crippen LogP contribution >= 0.6 is 0 Å². The van der Waals surface area contributed by atoms with E-state index in [1.165, 1.54) is 0 Å². The van der Waals surface area contributed by atoms with Crippen molar-refractivity contribution in [3.05, 3.63) is 58.7 Å². The number of esters is 1. The quantitative estimate of drug-likeness (QED) is 0.123. The molecule has 8 aliphatic carbocycles. The fourth-order valence-electron chi connectivity index (χ4n) is 13.7. The first-order valence-corrected chi connectivity index (χ1v) is 18.3. The second kappa shape index (κ2) is 10.6. The molecule has 260 valence electrons. The van der Waals surface area contributed by atoms with E-state index in [-0.39, 0.29) is 61.6 Å². The van der Waals surface area contributed by atoms with Crippen molar-refractivity contribution in [3.8, 4) is 11.8 Å². The number of hydrogen-bond acceptors (Lipinski definition) is 9. The molecule has 1 heterocycles. The molecule has 14 atom stereocenters. The minimum absolute atomic E-state index is 0.0698. The molecule has 10 rings (SSSR count). The van der Waals surface area contributed by atoms with Crippen molar-refractivity contribution in [2.45, 2.75) is 106 Å². The summed E-state index contributed by atoms with van der Waals surface area (Å²) in [6.45, 7) is -0.109. The number of allylic oxidation sites excluding steroid dienone is 2. The van der Waals surface area contributed by atoms with E-state index in [9.17, 15) is 35.1 Å². The number of carbonyl (C=O) groups excluding carboxylic acids is 2. The number of hydrogen-bond donors (Lipinski definition) is 6. The summed E-state index contributed by atoms with van der Waals surface area (Å²) in [7, 11) is 1.91.